The molecule has 1 aliphatic heterocycles. The van der Waals surface area contributed by atoms with E-state index in [9.17, 15) is 23.3 Å². The molecule has 2 aromatic rings. The molecule has 10 heteroatoms. The lowest BCUT2D eigenvalue weighted by Gasteiger charge is -2.26. The molecule has 30 heavy (non-hydrogen) atoms. The number of rotatable bonds is 6. The zero-order valence-corrected chi connectivity index (χ0v) is 17.6. The van der Waals surface area contributed by atoms with Gasteiger partial charge in [0.2, 0.25) is 10.0 Å². The lowest BCUT2D eigenvalue weighted by Crippen LogP contribution is -2.36. The number of nitro benzene ring substituents is 1. The number of hydrogen-bond acceptors (Lipinski definition) is 6. The van der Waals surface area contributed by atoms with E-state index in [1.54, 1.807) is 19.1 Å². The second kappa shape index (κ2) is 8.80. The fraction of sp³-hybridized carbons (Fsp3) is 0.350. The lowest BCUT2D eigenvalue weighted by atomic mass is 10.1. The Bertz CT molecular complexity index is 1080. The van der Waals surface area contributed by atoms with E-state index in [0.29, 0.717) is 24.3 Å². The molecule has 2 aromatic carbocycles. The van der Waals surface area contributed by atoms with Crippen molar-refractivity contribution >= 4 is 27.3 Å². The summed E-state index contributed by atoms with van der Waals surface area (Å²) in [7, 11) is -2.36. The van der Waals surface area contributed by atoms with E-state index in [1.807, 2.05) is 0 Å². The fourth-order valence-electron chi connectivity index (χ4n) is 3.38. The molecule has 0 aromatic heterocycles. The Labute approximate surface area is 174 Å². The molecule has 9 nitrogen and oxygen atoms in total. The number of amides is 1. The van der Waals surface area contributed by atoms with E-state index in [-0.39, 0.29) is 21.9 Å². The summed E-state index contributed by atoms with van der Waals surface area (Å²) in [5.74, 6) is -0.548. The van der Waals surface area contributed by atoms with Crippen molar-refractivity contribution in [3.63, 3.8) is 0 Å². The maximum atomic E-state index is 13.0. The maximum Gasteiger partial charge on any atom is 0.311 e. The van der Waals surface area contributed by atoms with Gasteiger partial charge in [0, 0.05) is 30.4 Å². The minimum Gasteiger partial charge on any atom is -0.490 e. The zero-order chi connectivity index (χ0) is 21.9. The largest absolute Gasteiger partial charge is 0.490 e. The van der Waals surface area contributed by atoms with E-state index in [0.717, 1.165) is 25.3 Å². The Kier molecular flexibility index (Phi) is 6.37. The Morgan fingerprint density at radius 3 is 2.47 bits per heavy atom. The van der Waals surface area contributed by atoms with Crippen LogP contribution >= 0.6 is 0 Å². The van der Waals surface area contributed by atoms with E-state index >= 15 is 0 Å². The first kappa shape index (κ1) is 21.7. The van der Waals surface area contributed by atoms with Gasteiger partial charge in [0.05, 0.1) is 16.9 Å². The first-order chi connectivity index (χ1) is 14.2. The third-order valence-corrected chi connectivity index (χ3v) is 7.06. The average molecular weight is 433 g/mol. The van der Waals surface area contributed by atoms with Crippen molar-refractivity contribution in [3.05, 3.63) is 57.6 Å². The van der Waals surface area contributed by atoms with Crippen LogP contribution in [0.15, 0.2) is 41.3 Å². The molecule has 0 spiro atoms. The van der Waals surface area contributed by atoms with Crippen LogP contribution in [0.1, 0.15) is 35.2 Å². The van der Waals surface area contributed by atoms with Crippen LogP contribution < -0.4 is 10.1 Å². The number of aryl methyl sites for hydroxylation is 1. The Hall–Kier alpha value is -2.98. The molecule has 0 radical (unpaired) electrons. The first-order valence-corrected chi connectivity index (χ1v) is 10.9. The summed E-state index contributed by atoms with van der Waals surface area (Å²) in [6, 6.07) is 8.52. The van der Waals surface area contributed by atoms with Crippen LogP contribution in [0, 0.1) is 17.0 Å². The molecule has 0 saturated carbocycles. The Morgan fingerprint density at radius 1 is 1.13 bits per heavy atom. The number of benzene rings is 2. The van der Waals surface area contributed by atoms with Crippen LogP contribution in [0.25, 0.3) is 0 Å². The summed E-state index contributed by atoms with van der Waals surface area (Å²) in [5.41, 5.74) is 0.601. The zero-order valence-electron chi connectivity index (χ0n) is 16.8. The molecule has 1 heterocycles. The number of methoxy groups -OCH3 is 1. The number of sulfonamides is 1. The highest BCUT2D eigenvalue weighted by Crippen LogP contribution is 2.29. The molecule has 0 bridgehead atoms. The molecule has 1 saturated heterocycles. The Balaban J connectivity index is 1.87. The highest BCUT2D eigenvalue weighted by Gasteiger charge is 2.28. The average Bonchev–Trinajstić information content (AvgIpc) is 2.75. The SMILES string of the molecule is COc1ccc(C(=O)Nc2ccc(C)c(S(=O)(=O)N3CCCCC3)c2)cc1[N+](=O)[O-]. The number of ether oxygens (including phenoxy) is 1. The van der Waals surface area contributed by atoms with E-state index in [2.05, 4.69) is 5.32 Å². The van der Waals surface area contributed by atoms with E-state index < -0.39 is 20.9 Å². The third kappa shape index (κ3) is 4.44. The van der Waals surface area contributed by atoms with Gasteiger partial charge in [-0.2, -0.15) is 4.31 Å². The topological polar surface area (TPSA) is 119 Å². The second-order valence-electron chi connectivity index (χ2n) is 7.04. The van der Waals surface area contributed by atoms with Gasteiger partial charge in [0.25, 0.3) is 5.91 Å². The van der Waals surface area contributed by atoms with Crippen LogP contribution in [0.4, 0.5) is 11.4 Å². The van der Waals surface area contributed by atoms with Crippen molar-refractivity contribution in [3.8, 4) is 5.75 Å². The number of piperidine rings is 1. The predicted octanol–water partition coefficient (Wildman–Crippen LogP) is 3.34. The van der Waals surface area contributed by atoms with Gasteiger partial charge in [-0.3, -0.25) is 14.9 Å². The van der Waals surface area contributed by atoms with Gasteiger partial charge in [-0.05, 0) is 49.6 Å². The standard InChI is InChI=1S/C20H23N3O6S/c1-14-6-8-16(13-19(14)30(27,28)22-10-4-3-5-11-22)21-20(24)15-7-9-18(29-2)17(12-15)23(25)26/h6-9,12-13H,3-5,10-11H2,1-2H3,(H,21,24). The summed E-state index contributed by atoms with van der Waals surface area (Å²) in [6.45, 7) is 2.66. The number of carbonyl (C=O) groups excluding carboxylic acids is 1. The van der Waals surface area contributed by atoms with Crippen molar-refractivity contribution in [2.45, 2.75) is 31.1 Å². The summed E-state index contributed by atoms with van der Waals surface area (Å²) < 4.78 is 32.5. The number of nitro groups is 1. The molecule has 1 amide bonds. The molecule has 0 unspecified atom stereocenters. The lowest BCUT2D eigenvalue weighted by molar-refractivity contribution is -0.385. The van der Waals surface area contributed by atoms with Crippen LogP contribution in [-0.4, -0.2) is 43.8 Å². The van der Waals surface area contributed by atoms with Crippen LogP contribution in [-0.2, 0) is 10.0 Å². The first-order valence-electron chi connectivity index (χ1n) is 9.48. The van der Waals surface area contributed by atoms with Crippen LogP contribution in [0.5, 0.6) is 5.75 Å². The molecule has 160 valence electrons. The molecular weight excluding hydrogens is 410 g/mol. The summed E-state index contributed by atoms with van der Waals surface area (Å²) in [5, 5.41) is 13.8. The van der Waals surface area contributed by atoms with E-state index in [4.69, 9.17) is 4.74 Å². The highest BCUT2D eigenvalue weighted by atomic mass is 32.2. The van der Waals surface area contributed by atoms with Crippen molar-refractivity contribution in [1.29, 1.82) is 0 Å². The number of nitrogens with zero attached hydrogens (tertiary/aromatic N) is 2. The van der Waals surface area contributed by atoms with Crippen molar-refractivity contribution < 1.29 is 22.9 Å². The monoisotopic (exact) mass is 433 g/mol. The minimum atomic E-state index is -3.67. The Morgan fingerprint density at radius 2 is 1.83 bits per heavy atom. The van der Waals surface area contributed by atoms with Gasteiger partial charge in [-0.1, -0.05) is 12.5 Å². The quantitative estimate of drug-likeness (QED) is 0.551. The maximum absolute atomic E-state index is 13.0. The normalized spacial score (nSPS) is 14.9. The minimum absolute atomic E-state index is 0.0433. The fourth-order valence-corrected chi connectivity index (χ4v) is 5.15. The number of hydrogen-bond donors (Lipinski definition) is 1. The highest BCUT2D eigenvalue weighted by molar-refractivity contribution is 7.89. The summed E-state index contributed by atoms with van der Waals surface area (Å²) >= 11 is 0. The summed E-state index contributed by atoms with van der Waals surface area (Å²) in [6.07, 6.45) is 2.66. The van der Waals surface area contributed by atoms with Crippen LogP contribution in [0.2, 0.25) is 0 Å². The van der Waals surface area contributed by atoms with Gasteiger partial charge in [0.1, 0.15) is 0 Å². The van der Waals surface area contributed by atoms with Crippen LogP contribution in [0.3, 0.4) is 0 Å². The number of carbonyl (C=O) groups is 1. The molecule has 0 aliphatic carbocycles. The molecule has 1 fully saturated rings. The molecule has 3 rings (SSSR count). The predicted molar refractivity (Wildman–Crippen MR) is 111 cm³/mol. The number of nitrogens with one attached hydrogen (secondary N) is 1. The molecule has 0 atom stereocenters. The number of anilines is 1. The molecule has 1 N–H and O–H groups in total. The molecular formula is C20H23N3O6S. The smallest absolute Gasteiger partial charge is 0.311 e. The van der Waals surface area contributed by atoms with Crippen molar-refractivity contribution in [2.75, 3.05) is 25.5 Å². The van der Waals surface area contributed by atoms with E-state index in [1.165, 1.54) is 29.6 Å². The van der Waals surface area contributed by atoms with Gasteiger partial charge < -0.3 is 10.1 Å². The second-order valence-corrected chi connectivity index (χ2v) is 8.95. The van der Waals surface area contributed by atoms with Gasteiger partial charge in [-0.25, -0.2) is 8.42 Å². The van der Waals surface area contributed by atoms with Gasteiger partial charge in [0.15, 0.2) is 5.75 Å². The summed E-state index contributed by atoms with van der Waals surface area (Å²) in [4.78, 5) is 23.3. The van der Waals surface area contributed by atoms with Crippen molar-refractivity contribution in [1.82, 2.24) is 4.31 Å². The van der Waals surface area contributed by atoms with Gasteiger partial charge >= 0.3 is 5.69 Å². The molecule has 1 aliphatic rings. The van der Waals surface area contributed by atoms with Gasteiger partial charge in [-0.15, -0.1) is 0 Å². The van der Waals surface area contributed by atoms with Crippen molar-refractivity contribution in [2.24, 2.45) is 0 Å². The third-order valence-electron chi connectivity index (χ3n) is 5.02.